The van der Waals surface area contributed by atoms with Crippen molar-refractivity contribution in [1.82, 2.24) is 19.6 Å². The Morgan fingerprint density at radius 2 is 1.75 bits per heavy atom. The lowest BCUT2D eigenvalue weighted by Gasteiger charge is -2.25. The SMILES string of the molecule is CN(C)Cc1ccc(C2CCCN2Cc2cccc(Cn3cccn3)c2)cc1. The van der Waals surface area contributed by atoms with Crippen molar-refractivity contribution in [3.05, 3.63) is 89.2 Å². The van der Waals surface area contributed by atoms with Gasteiger partial charge in [-0.1, -0.05) is 48.5 Å². The Morgan fingerprint density at radius 1 is 0.964 bits per heavy atom. The van der Waals surface area contributed by atoms with E-state index in [1.54, 1.807) is 0 Å². The molecule has 0 amide bonds. The average Bonchev–Trinajstić information content (AvgIpc) is 3.34. The number of benzene rings is 2. The average molecular weight is 375 g/mol. The Labute approximate surface area is 168 Å². The van der Waals surface area contributed by atoms with Crippen LogP contribution in [0.25, 0.3) is 0 Å². The third-order valence-corrected chi connectivity index (χ3v) is 5.51. The molecule has 0 radical (unpaired) electrons. The summed E-state index contributed by atoms with van der Waals surface area (Å²) < 4.78 is 1.98. The van der Waals surface area contributed by atoms with Crippen molar-refractivity contribution < 1.29 is 0 Å². The molecule has 1 aliphatic heterocycles. The van der Waals surface area contributed by atoms with Gasteiger partial charge in [-0.15, -0.1) is 0 Å². The summed E-state index contributed by atoms with van der Waals surface area (Å²) in [5.74, 6) is 0. The van der Waals surface area contributed by atoms with Crippen LogP contribution in [0.5, 0.6) is 0 Å². The highest BCUT2D eigenvalue weighted by molar-refractivity contribution is 5.27. The van der Waals surface area contributed by atoms with E-state index in [0.717, 1.165) is 19.6 Å². The predicted octanol–water partition coefficient (Wildman–Crippen LogP) is 4.33. The molecule has 28 heavy (non-hydrogen) atoms. The zero-order valence-electron chi connectivity index (χ0n) is 17.0. The van der Waals surface area contributed by atoms with Crippen molar-refractivity contribution in [2.24, 2.45) is 0 Å². The number of likely N-dealkylation sites (tertiary alicyclic amines) is 1. The summed E-state index contributed by atoms with van der Waals surface area (Å²) in [6.07, 6.45) is 6.38. The standard InChI is InChI=1S/C24H30N4/c1-26(2)17-20-9-11-23(12-10-20)24-8-4-14-27(24)18-21-6-3-7-22(16-21)19-28-15-5-13-25-28/h3,5-7,9-13,15-16,24H,4,8,14,17-19H2,1-2H3. The van der Waals surface area contributed by atoms with Gasteiger partial charge in [0.05, 0.1) is 6.54 Å². The fourth-order valence-electron chi connectivity index (χ4n) is 4.25. The van der Waals surface area contributed by atoms with E-state index in [1.165, 1.54) is 41.6 Å². The molecule has 0 bridgehead atoms. The Kier molecular flexibility index (Phi) is 5.89. The van der Waals surface area contributed by atoms with Crippen LogP contribution in [0.3, 0.4) is 0 Å². The molecule has 1 aromatic heterocycles. The maximum atomic E-state index is 4.32. The van der Waals surface area contributed by atoms with Crippen LogP contribution in [0, 0.1) is 0 Å². The first-order valence-electron chi connectivity index (χ1n) is 10.2. The summed E-state index contributed by atoms with van der Waals surface area (Å²) in [4.78, 5) is 4.85. The molecule has 0 spiro atoms. The summed E-state index contributed by atoms with van der Waals surface area (Å²) in [6.45, 7) is 4.01. The van der Waals surface area contributed by atoms with Gasteiger partial charge in [-0.25, -0.2) is 0 Å². The van der Waals surface area contributed by atoms with Crippen LogP contribution in [0.2, 0.25) is 0 Å². The van der Waals surface area contributed by atoms with Crippen molar-refractivity contribution in [3.8, 4) is 0 Å². The van der Waals surface area contributed by atoms with E-state index in [4.69, 9.17) is 0 Å². The molecule has 1 fully saturated rings. The number of nitrogens with zero attached hydrogens (tertiary/aromatic N) is 4. The third-order valence-electron chi connectivity index (χ3n) is 5.51. The number of hydrogen-bond acceptors (Lipinski definition) is 3. The molecule has 0 N–H and O–H groups in total. The molecule has 2 aromatic carbocycles. The van der Waals surface area contributed by atoms with Gasteiger partial charge in [0.2, 0.25) is 0 Å². The lowest BCUT2D eigenvalue weighted by Crippen LogP contribution is -2.23. The van der Waals surface area contributed by atoms with Gasteiger partial charge >= 0.3 is 0 Å². The quantitative estimate of drug-likeness (QED) is 0.615. The molecule has 1 unspecified atom stereocenters. The second kappa shape index (κ2) is 8.72. The minimum Gasteiger partial charge on any atom is -0.305 e. The van der Waals surface area contributed by atoms with Crippen molar-refractivity contribution in [2.45, 2.75) is 38.5 Å². The molecule has 4 nitrogen and oxygen atoms in total. The smallest absolute Gasteiger partial charge is 0.0659 e. The van der Waals surface area contributed by atoms with Crippen LogP contribution < -0.4 is 0 Å². The molecule has 3 aromatic rings. The monoisotopic (exact) mass is 374 g/mol. The number of hydrogen-bond donors (Lipinski definition) is 0. The lowest BCUT2D eigenvalue weighted by atomic mass is 10.0. The highest BCUT2D eigenvalue weighted by Crippen LogP contribution is 2.33. The summed E-state index contributed by atoms with van der Waals surface area (Å²) >= 11 is 0. The summed E-state index contributed by atoms with van der Waals surface area (Å²) in [7, 11) is 4.24. The fraction of sp³-hybridized carbons (Fsp3) is 0.375. The molecular formula is C24H30N4. The van der Waals surface area contributed by atoms with Gasteiger partial charge < -0.3 is 4.90 Å². The molecule has 0 saturated carbocycles. The van der Waals surface area contributed by atoms with Gasteiger partial charge in [-0.05, 0) is 61.8 Å². The Bertz CT molecular complexity index is 868. The Morgan fingerprint density at radius 3 is 2.46 bits per heavy atom. The summed E-state index contributed by atoms with van der Waals surface area (Å²) in [5.41, 5.74) is 5.53. The maximum Gasteiger partial charge on any atom is 0.0659 e. The van der Waals surface area contributed by atoms with Gasteiger partial charge in [0.1, 0.15) is 0 Å². The van der Waals surface area contributed by atoms with Gasteiger partial charge in [0.25, 0.3) is 0 Å². The predicted molar refractivity (Wildman–Crippen MR) is 114 cm³/mol. The lowest BCUT2D eigenvalue weighted by molar-refractivity contribution is 0.248. The third kappa shape index (κ3) is 4.70. The molecule has 1 saturated heterocycles. The molecule has 146 valence electrons. The second-order valence-corrected chi connectivity index (χ2v) is 8.13. The molecule has 4 heteroatoms. The summed E-state index contributed by atoms with van der Waals surface area (Å²) in [6, 6.07) is 20.7. The van der Waals surface area contributed by atoms with Gasteiger partial charge in [-0.3, -0.25) is 9.58 Å². The van der Waals surface area contributed by atoms with E-state index in [0.29, 0.717) is 6.04 Å². The van der Waals surface area contributed by atoms with Gasteiger partial charge in [0, 0.05) is 31.5 Å². The van der Waals surface area contributed by atoms with Crippen LogP contribution in [-0.2, 0) is 19.6 Å². The van der Waals surface area contributed by atoms with Crippen molar-refractivity contribution in [3.63, 3.8) is 0 Å². The Balaban J connectivity index is 1.44. The van der Waals surface area contributed by atoms with Gasteiger partial charge in [-0.2, -0.15) is 5.10 Å². The first-order valence-corrected chi connectivity index (χ1v) is 10.2. The first-order chi connectivity index (χ1) is 13.7. The van der Waals surface area contributed by atoms with Gasteiger partial charge in [0.15, 0.2) is 0 Å². The van der Waals surface area contributed by atoms with E-state index >= 15 is 0 Å². The zero-order chi connectivity index (χ0) is 19.3. The van der Waals surface area contributed by atoms with E-state index < -0.39 is 0 Å². The van der Waals surface area contributed by atoms with Crippen LogP contribution in [0.1, 0.15) is 41.1 Å². The number of aromatic nitrogens is 2. The number of rotatable bonds is 7. The summed E-state index contributed by atoms with van der Waals surface area (Å²) in [5, 5.41) is 4.32. The highest BCUT2D eigenvalue weighted by atomic mass is 15.3. The fourth-order valence-corrected chi connectivity index (χ4v) is 4.25. The molecule has 4 rings (SSSR count). The van der Waals surface area contributed by atoms with Crippen LogP contribution in [0.4, 0.5) is 0 Å². The molecule has 1 aliphatic rings. The maximum absolute atomic E-state index is 4.32. The van der Waals surface area contributed by atoms with E-state index in [2.05, 4.69) is 77.5 Å². The molecular weight excluding hydrogens is 344 g/mol. The van der Waals surface area contributed by atoms with E-state index in [9.17, 15) is 0 Å². The molecule has 2 heterocycles. The van der Waals surface area contributed by atoms with Crippen LogP contribution in [-0.4, -0.2) is 40.2 Å². The second-order valence-electron chi connectivity index (χ2n) is 8.13. The van der Waals surface area contributed by atoms with E-state index in [1.807, 2.05) is 23.1 Å². The minimum atomic E-state index is 0.531. The van der Waals surface area contributed by atoms with Crippen molar-refractivity contribution in [2.75, 3.05) is 20.6 Å². The molecule has 1 atom stereocenters. The van der Waals surface area contributed by atoms with Crippen LogP contribution in [0.15, 0.2) is 67.0 Å². The topological polar surface area (TPSA) is 24.3 Å². The van der Waals surface area contributed by atoms with Crippen molar-refractivity contribution in [1.29, 1.82) is 0 Å². The van der Waals surface area contributed by atoms with Crippen LogP contribution >= 0.6 is 0 Å². The Hall–Kier alpha value is -2.43. The molecule has 0 aliphatic carbocycles. The largest absolute Gasteiger partial charge is 0.305 e. The van der Waals surface area contributed by atoms with E-state index in [-0.39, 0.29) is 0 Å². The van der Waals surface area contributed by atoms with Crippen molar-refractivity contribution >= 4 is 0 Å². The highest BCUT2D eigenvalue weighted by Gasteiger charge is 2.25. The minimum absolute atomic E-state index is 0.531. The normalized spacial score (nSPS) is 17.5. The zero-order valence-corrected chi connectivity index (χ0v) is 17.0. The first kappa shape index (κ1) is 18.9.